The lowest BCUT2D eigenvalue weighted by Gasteiger charge is -2.14. The fourth-order valence-corrected chi connectivity index (χ4v) is 2.42. The maximum atomic E-state index is 11.5. The normalized spacial score (nSPS) is 13.9. The highest BCUT2D eigenvalue weighted by Gasteiger charge is 2.16. The molecule has 24 heavy (non-hydrogen) atoms. The Morgan fingerprint density at radius 3 is 2.71 bits per heavy atom. The molecule has 1 aliphatic rings. The summed E-state index contributed by atoms with van der Waals surface area (Å²) in [4.78, 5) is 20.0. The largest absolute Gasteiger partial charge is 0.493 e. The van der Waals surface area contributed by atoms with E-state index in [9.17, 15) is 4.79 Å². The first-order valence-corrected chi connectivity index (χ1v) is 7.65. The maximum Gasteiger partial charge on any atom is 0.373 e. The summed E-state index contributed by atoms with van der Waals surface area (Å²) in [7, 11) is 1.32. The van der Waals surface area contributed by atoms with Gasteiger partial charge in [0.05, 0.1) is 12.9 Å². The molecule has 3 rings (SSSR count). The number of rotatable bonds is 5. The number of aromatic nitrogens is 2. The van der Waals surface area contributed by atoms with Crippen molar-refractivity contribution in [1.82, 2.24) is 9.97 Å². The molecule has 0 atom stereocenters. The second-order valence-corrected chi connectivity index (χ2v) is 5.37. The average molecular weight is 326 g/mol. The van der Waals surface area contributed by atoms with Gasteiger partial charge in [0, 0.05) is 24.4 Å². The van der Waals surface area contributed by atoms with Crippen LogP contribution in [0.2, 0.25) is 0 Å². The number of esters is 1. The number of hydrogen-bond donors (Lipinski definition) is 0. The van der Waals surface area contributed by atoms with Crippen molar-refractivity contribution in [3.8, 4) is 0 Å². The summed E-state index contributed by atoms with van der Waals surface area (Å²) >= 11 is 0. The number of allylic oxidation sites excluding steroid dienone is 4. The van der Waals surface area contributed by atoms with Crippen LogP contribution in [-0.2, 0) is 16.1 Å². The van der Waals surface area contributed by atoms with Gasteiger partial charge in [-0.1, -0.05) is 6.08 Å². The van der Waals surface area contributed by atoms with Crippen LogP contribution in [0.25, 0.3) is 5.57 Å². The first-order valence-electron chi connectivity index (χ1n) is 7.65. The zero-order valence-electron chi connectivity index (χ0n) is 13.6. The van der Waals surface area contributed by atoms with Crippen molar-refractivity contribution < 1.29 is 18.7 Å². The van der Waals surface area contributed by atoms with Crippen molar-refractivity contribution in [2.75, 3.05) is 7.11 Å². The predicted octanol–water partition coefficient (Wildman–Crippen LogP) is 3.44. The Morgan fingerprint density at radius 2 is 2.04 bits per heavy atom. The Hall–Kier alpha value is -2.89. The van der Waals surface area contributed by atoms with E-state index < -0.39 is 5.97 Å². The van der Waals surface area contributed by atoms with E-state index in [1.807, 2.05) is 12.2 Å². The van der Waals surface area contributed by atoms with Crippen molar-refractivity contribution in [2.24, 2.45) is 0 Å². The lowest BCUT2D eigenvalue weighted by Crippen LogP contribution is -2.01. The minimum absolute atomic E-state index is 0.189. The van der Waals surface area contributed by atoms with Crippen LogP contribution in [-0.4, -0.2) is 23.0 Å². The minimum atomic E-state index is -0.489. The van der Waals surface area contributed by atoms with Crippen molar-refractivity contribution >= 4 is 11.5 Å². The van der Waals surface area contributed by atoms with Crippen LogP contribution in [0.5, 0.6) is 0 Å². The lowest BCUT2D eigenvalue weighted by atomic mass is 10.0. The van der Waals surface area contributed by atoms with Gasteiger partial charge in [-0.15, -0.1) is 0 Å². The van der Waals surface area contributed by atoms with Gasteiger partial charge >= 0.3 is 5.97 Å². The van der Waals surface area contributed by atoms with E-state index >= 15 is 0 Å². The summed E-state index contributed by atoms with van der Waals surface area (Å²) in [6.45, 7) is 2.15. The molecule has 0 saturated heterocycles. The molecule has 0 N–H and O–H groups in total. The van der Waals surface area contributed by atoms with Gasteiger partial charge in [-0.3, -0.25) is 0 Å². The molecular formula is C18H18N2O4. The van der Waals surface area contributed by atoms with Crippen LogP contribution in [0.1, 0.15) is 40.5 Å². The Labute approximate surface area is 139 Å². The van der Waals surface area contributed by atoms with Gasteiger partial charge in [-0.2, -0.15) is 0 Å². The Bertz CT molecular complexity index is 791. The van der Waals surface area contributed by atoms with E-state index in [4.69, 9.17) is 9.15 Å². The summed E-state index contributed by atoms with van der Waals surface area (Å²) < 4.78 is 15.9. The Balaban J connectivity index is 1.64. The molecule has 0 spiro atoms. The van der Waals surface area contributed by atoms with Gasteiger partial charge < -0.3 is 13.9 Å². The van der Waals surface area contributed by atoms with Crippen LogP contribution < -0.4 is 0 Å². The standard InChI is InChI=1S/C18H18N2O4/c1-12-14(10-16(24-12)18(21)22-2)11-23-15-6-4-13(5-7-15)17-19-8-3-9-20-17/h3-4,6,8-10H,5,7,11H2,1-2H3. The minimum Gasteiger partial charge on any atom is -0.493 e. The van der Waals surface area contributed by atoms with Crippen LogP contribution in [0.15, 0.2) is 46.9 Å². The molecule has 0 saturated carbocycles. The van der Waals surface area contributed by atoms with E-state index in [1.165, 1.54) is 7.11 Å². The maximum absolute atomic E-state index is 11.5. The summed E-state index contributed by atoms with van der Waals surface area (Å²) in [6.07, 6.45) is 9.00. The van der Waals surface area contributed by atoms with E-state index in [0.717, 1.165) is 35.6 Å². The molecule has 2 aromatic rings. The van der Waals surface area contributed by atoms with Crippen molar-refractivity contribution in [1.29, 1.82) is 0 Å². The average Bonchev–Trinajstić information content (AvgIpc) is 3.01. The molecule has 0 bridgehead atoms. The van der Waals surface area contributed by atoms with E-state index in [1.54, 1.807) is 31.5 Å². The topological polar surface area (TPSA) is 74.5 Å². The highest BCUT2D eigenvalue weighted by atomic mass is 16.5. The zero-order valence-corrected chi connectivity index (χ0v) is 13.6. The van der Waals surface area contributed by atoms with Gasteiger partial charge in [0.25, 0.3) is 0 Å². The van der Waals surface area contributed by atoms with Crippen molar-refractivity contribution in [3.63, 3.8) is 0 Å². The van der Waals surface area contributed by atoms with Crippen LogP contribution in [0, 0.1) is 6.92 Å². The van der Waals surface area contributed by atoms with Crippen LogP contribution in [0.3, 0.4) is 0 Å². The van der Waals surface area contributed by atoms with Crippen LogP contribution >= 0.6 is 0 Å². The summed E-state index contributed by atoms with van der Waals surface area (Å²) in [5, 5.41) is 0. The second kappa shape index (κ2) is 7.12. The van der Waals surface area contributed by atoms with Crippen molar-refractivity contribution in [2.45, 2.75) is 26.4 Å². The number of hydrogen-bond acceptors (Lipinski definition) is 6. The smallest absolute Gasteiger partial charge is 0.373 e. The lowest BCUT2D eigenvalue weighted by molar-refractivity contribution is 0.0563. The summed E-state index contributed by atoms with van der Waals surface area (Å²) in [6, 6.07) is 3.46. The van der Waals surface area contributed by atoms with Gasteiger partial charge in [0.1, 0.15) is 12.4 Å². The molecule has 0 aliphatic heterocycles. The van der Waals surface area contributed by atoms with Gasteiger partial charge in [0.15, 0.2) is 5.82 Å². The van der Waals surface area contributed by atoms with E-state index in [0.29, 0.717) is 12.4 Å². The molecular weight excluding hydrogens is 308 g/mol. The molecule has 2 aromatic heterocycles. The summed E-state index contributed by atoms with van der Waals surface area (Å²) in [5.41, 5.74) is 1.92. The Morgan fingerprint density at radius 1 is 1.25 bits per heavy atom. The SMILES string of the molecule is COC(=O)c1cc(COC2=CC=C(c3ncccn3)CC2)c(C)o1. The zero-order chi connectivity index (χ0) is 16.9. The third kappa shape index (κ3) is 3.53. The molecule has 0 unspecified atom stereocenters. The molecule has 0 amide bonds. The molecule has 0 aromatic carbocycles. The number of carbonyl (C=O) groups excluding carboxylic acids is 1. The highest BCUT2D eigenvalue weighted by molar-refractivity contribution is 5.86. The predicted molar refractivity (Wildman–Crippen MR) is 86.9 cm³/mol. The number of carbonyl (C=O) groups is 1. The molecule has 6 nitrogen and oxygen atoms in total. The number of aryl methyl sites for hydroxylation is 1. The summed E-state index contributed by atoms with van der Waals surface area (Å²) in [5.74, 6) is 1.99. The van der Waals surface area contributed by atoms with Crippen molar-refractivity contribution in [3.05, 3.63) is 65.3 Å². The molecule has 1 aliphatic carbocycles. The first-order chi connectivity index (χ1) is 11.7. The Kier molecular flexibility index (Phi) is 4.74. The fraction of sp³-hybridized carbons (Fsp3) is 0.278. The molecule has 124 valence electrons. The van der Waals surface area contributed by atoms with E-state index in [-0.39, 0.29) is 5.76 Å². The number of nitrogens with zero attached hydrogens (tertiary/aromatic N) is 2. The molecule has 0 fully saturated rings. The molecule has 0 radical (unpaired) electrons. The highest BCUT2D eigenvalue weighted by Crippen LogP contribution is 2.26. The fourth-order valence-electron chi connectivity index (χ4n) is 2.42. The third-order valence-electron chi connectivity index (χ3n) is 3.78. The van der Waals surface area contributed by atoms with Gasteiger partial charge in [0.2, 0.25) is 5.76 Å². The third-order valence-corrected chi connectivity index (χ3v) is 3.78. The quantitative estimate of drug-likeness (QED) is 0.784. The monoisotopic (exact) mass is 326 g/mol. The number of methoxy groups -OCH3 is 1. The first kappa shape index (κ1) is 16.0. The van der Waals surface area contributed by atoms with Gasteiger partial charge in [-0.25, -0.2) is 14.8 Å². The number of furan rings is 1. The molecule has 6 heteroatoms. The second-order valence-electron chi connectivity index (χ2n) is 5.37. The van der Waals surface area contributed by atoms with E-state index in [2.05, 4.69) is 14.7 Å². The molecule has 2 heterocycles. The number of ether oxygens (including phenoxy) is 2. The van der Waals surface area contributed by atoms with Crippen LogP contribution in [0.4, 0.5) is 0 Å². The van der Waals surface area contributed by atoms with Gasteiger partial charge in [-0.05, 0) is 37.1 Å².